The maximum atomic E-state index is 12.0. The van der Waals surface area contributed by atoms with E-state index in [-0.39, 0.29) is 11.2 Å². The molecular formula is C16H20N4OS2. The minimum absolute atomic E-state index is 0.0803. The lowest BCUT2D eigenvalue weighted by atomic mass is 10.1. The standard InChI is InChI=1S/C16H20N4OS2/c1-9-5-4-6-13(10(9)2)18-15-19-20-16(23-15)22-11(3)14(21)17-12-7-8-12/h4-6,11-12H,7-8H2,1-3H3,(H,17,21)(H,18,19)/t11-/m1/s1. The van der Waals surface area contributed by atoms with Crippen molar-refractivity contribution in [2.45, 2.75) is 49.2 Å². The molecule has 23 heavy (non-hydrogen) atoms. The second-order valence-electron chi connectivity index (χ2n) is 5.79. The van der Waals surface area contributed by atoms with Crippen molar-refractivity contribution in [3.05, 3.63) is 29.3 Å². The molecule has 1 aliphatic rings. The lowest BCUT2D eigenvalue weighted by Gasteiger charge is -2.09. The first-order valence-corrected chi connectivity index (χ1v) is 9.36. The lowest BCUT2D eigenvalue weighted by molar-refractivity contribution is -0.120. The molecule has 7 heteroatoms. The first kappa shape index (κ1) is 16.3. The van der Waals surface area contributed by atoms with Crippen LogP contribution in [-0.2, 0) is 4.79 Å². The zero-order chi connectivity index (χ0) is 16.4. The third-order valence-electron chi connectivity index (χ3n) is 3.82. The van der Waals surface area contributed by atoms with Crippen molar-refractivity contribution in [1.82, 2.24) is 15.5 Å². The van der Waals surface area contributed by atoms with Crippen LogP contribution < -0.4 is 10.6 Å². The van der Waals surface area contributed by atoms with E-state index in [4.69, 9.17) is 0 Å². The molecule has 0 saturated heterocycles. The van der Waals surface area contributed by atoms with Crippen molar-refractivity contribution >= 4 is 39.8 Å². The monoisotopic (exact) mass is 348 g/mol. The number of rotatable bonds is 6. The Hall–Kier alpha value is -1.60. The van der Waals surface area contributed by atoms with Crippen LogP contribution in [-0.4, -0.2) is 27.4 Å². The van der Waals surface area contributed by atoms with Gasteiger partial charge in [-0.3, -0.25) is 4.79 Å². The minimum atomic E-state index is -0.155. The highest BCUT2D eigenvalue weighted by molar-refractivity contribution is 8.02. The summed E-state index contributed by atoms with van der Waals surface area (Å²) < 4.78 is 0.802. The van der Waals surface area contributed by atoms with Gasteiger partial charge in [0, 0.05) is 11.7 Å². The highest BCUT2D eigenvalue weighted by Gasteiger charge is 2.26. The molecule has 122 valence electrons. The van der Waals surface area contributed by atoms with Crippen LogP contribution in [0.4, 0.5) is 10.8 Å². The number of anilines is 2. The molecule has 0 unspecified atom stereocenters. The molecule has 3 rings (SSSR count). The normalized spacial score (nSPS) is 15.3. The van der Waals surface area contributed by atoms with Gasteiger partial charge >= 0.3 is 0 Å². The predicted molar refractivity (Wildman–Crippen MR) is 95.6 cm³/mol. The molecule has 1 aliphatic carbocycles. The Bertz CT molecular complexity index is 712. The number of nitrogens with zero attached hydrogens (tertiary/aromatic N) is 2. The zero-order valence-corrected chi connectivity index (χ0v) is 15.1. The molecule has 1 heterocycles. The van der Waals surface area contributed by atoms with Crippen LogP contribution >= 0.6 is 23.1 Å². The highest BCUT2D eigenvalue weighted by Crippen LogP contribution is 2.32. The van der Waals surface area contributed by atoms with Crippen molar-refractivity contribution in [2.75, 3.05) is 5.32 Å². The number of hydrogen-bond acceptors (Lipinski definition) is 6. The number of thioether (sulfide) groups is 1. The first-order valence-electron chi connectivity index (χ1n) is 7.66. The fourth-order valence-corrected chi connectivity index (χ4v) is 3.98. The van der Waals surface area contributed by atoms with E-state index >= 15 is 0 Å². The third-order valence-corrected chi connectivity index (χ3v) is 5.85. The summed E-state index contributed by atoms with van der Waals surface area (Å²) >= 11 is 2.93. The molecule has 1 saturated carbocycles. The number of carbonyl (C=O) groups is 1. The van der Waals surface area contributed by atoms with E-state index in [0.717, 1.165) is 28.0 Å². The fraction of sp³-hybridized carbons (Fsp3) is 0.438. The van der Waals surface area contributed by atoms with Gasteiger partial charge in [-0.05, 0) is 50.8 Å². The van der Waals surface area contributed by atoms with Crippen LogP contribution in [0.5, 0.6) is 0 Å². The van der Waals surface area contributed by atoms with E-state index in [1.165, 1.54) is 34.2 Å². The summed E-state index contributed by atoms with van der Waals surface area (Å²) in [6, 6.07) is 6.53. The van der Waals surface area contributed by atoms with Gasteiger partial charge in [-0.2, -0.15) is 0 Å². The van der Waals surface area contributed by atoms with E-state index in [9.17, 15) is 4.79 Å². The van der Waals surface area contributed by atoms with Crippen LogP contribution in [0.15, 0.2) is 22.5 Å². The summed E-state index contributed by atoms with van der Waals surface area (Å²) in [6.45, 7) is 6.07. The number of amides is 1. The van der Waals surface area contributed by atoms with Crippen molar-refractivity contribution in [1.29, 1.82) is 0 Å². The SMILES string of the molecule is Cc1cccc(Nc2nnc(S[C@H](C)C(=O)NC3CC3)s2)c1C. The zero-order valence-electron chi connectivity index (χ0n) is 13.4. The Morgan fingerprint density at radius 2 is 2.13 bits per heavy atom. The summed E-state index contributed by atoms with van der Waals surface area (Å²) in [5.41, 5.74) is 3.48. The number of carbonyl (C=O) groups excluding carboxylic acids is 1. The molecule has 1 aromatic heterocycles. The van der Waals surface area contributed by atoms with Crippen LogP contribution in [0.2, 0.25) is 0 Å². The number of nitrogens with one attached hydrogen (secondary N) is 2. The highest BCUT2D eigenvalue weighted by atomic mass is 32.2. The second kappa shape index (κ2) is 6.88. The average Bonchev–Trinajstić information content (AvgIpc) is 3.22. The molecule has 0 bridgehead atoms. The van der Waals surface area contributed by atoms with E-state index in [2.05, 4.69) is 40.7 Å². The van der Waals surface area contributed by atoms with Crippen molar-refractivity contribution in [2.24, 2.45) is 0 Å². The van der Waals surface area contributed by atoms with Gasteiger partial charge in [0.1, 0.15) is 0 Å². The first-order chi connectivity index (χ1) is 11.0. The Balaban J connectivity index is 1.61. The minimum Gasteiger partial charge on any atom is -0.352 e. The quantitative estimate of drug-likeness (QED) is 0.780. The largest absolute Gasteiger partial charge is 0.352 e. The molecule has 2 N–H and O–H groups in total. The molecule has 0 aliphatic heterocycles. The topological polar surface area (TPSA) is 66.9 Å². The van der Waals surface area contributed by atoms with Gasteiger partial charge < -0.3 is 10.6 Å². The third kappa shape index (κ3) is 4.23. The number of aromatic nitrogens is 2. The number of aryl methyl sites for hydroxylation is 1. The molecule has 1 atom stereocenters. The molecular weight excluding hydrogens is 328 g/mol. The predicted octanol–water partition coefficient (Wildman–Crippen LogP) is 3.66. The summed E-state index contributed by atoms with van der Waals surface area (Å²) in [7, 11) is 0. The average molecular weight is 348 g/mol. The molecule has 1 aromatic carbocycles. The van der Waals surface area contributed by atoms with E-state index in [1.807, 2.05) is 19.1 Å². The summed E-state index contributed by atoms with van der Waals surface area (Å²) in [4.78, 5) is 12.0. The number of benzene rings is 1. The van der Waals surface area contributed by atoms with Crippen molar-refractivity contribution in [3.63, 3.8) is 0 Å². The van der Waals surface area contributed by atoms with Gasteiger partial charge in [-0.15, -0.1) is 10.2 Å². The second-order valence-corrected chi connectivity index (χ2v) is 8.35. The molecule has 0 spiro atoms. The van der Waals surface area contributed by atoms with Gasteiger partial charge in [0.2, 0.25) is 11.0 Å². The maximum absolute atomic E-state index is 12.0. The van der Waals surface area contributed by atoms with Crippen molar-refractivity contribution in [3.8, 4) is 0 Å². The Morgan fingerprint density at radius 1 is 1.35 bits per heavy atom. The lowest BCUT2D eigenvalue weighted by Crippen LogP contribution is -2.32. The summed E-state index contributed by atoms with van der Waals surface area (Å²) in [5, 5.41) is 15.3. The number of hydrogen-bond donors (Lipinski definition) is 2. The fourth-order valence-electron chi connectivity index (χ4n) is 2.06. The Labute approximate surface area is 144 Å². The molecule has 5 nitrogen and oxygen atoms in total. The Morgan fingerprint density at radius 3 is 2.87 bits per heavy atom. The van der Waals surface area contributed by atoms with E-state index < -0.39 is 0 Å². The van der Waals surface area contributed by atoms with E-state index in [1.54, 1.807) is 0 Å². The van der Waals surface area contributed by atoms with Crippen LogP contribution in [0.1, 0.15) is 30.9 Å². The van der Waals surface area contributed by atoms with Gasteiger partial charge in [-0.1, -0.05) is 35.2 Å². The van der Waals surface area contributed by atoms with Crippen LogP contribution in [0.25, 0.3) is 0 Å². The summed E-state index contributed by atoms with van der Waals surface area (Å²) in [5.74, 6) is 0.0803. The van der Waals surface area contributed by atoms with Gasteiger partial charge in [0.15, 0.2) is 4.34 Å². The smallest absolute Gasteiger partial charge is 0.233 e. The van der Waals surface area contributed by atoms with Gasteiger partial charge in [0.25, 0.3) is 0 Å². The Kier molecular flexibility index (Phi) is 4.87. The van der Waals surface area contributed by atoms with Gasteiger partial charge in [-0.25, -0.2) is 0 Å². The molecule has 1 amide bonds. The van der Waals surface area contributed by atoms with Gasteiger partial charge in [0.05, 0.1) is 5.25 Å². The molecule has 1 fully saturated rings. The van der Waals surface area contributed by atoms with Crippen molar-refractivity contribution < 1.29 is 4.79 Å². The maximum Gasteiger partial charge on any atom is 0.233 e. The molecule has 2 aromatic rings. The van der Waals surface area contributed by atoms with Crippen LogP contribution in [0, 0.1) is 13.8 Å². The van der Waals surface area contributed by atoms with Crippen LogP contribution in [0.3, 0.4) is 0 Å². The molecule has 0 radical (unpaired) electrons. The van der Waals surface area contributed by atoms with E-state index in [0.29, 0.717) is 6.04 Å². The summed E-state index contributed by atoms with van der Waals surface area (Å²) in [6.07, 6.45) is 2.21.